The van der Waals surface area contributed by atoms with Crippen LogP contribution in [0.1, 0.15) is 17.3 Å². The number of ketones is 1. The van der Waals surface area contributed by atoms with Crippen LogP contribution < -0.4 is 0 Å². The van der Waals surface area contributed by atoms with Crippen LogP contribution >= 0.6 is 0 Å². The molecule has 2 heterocycles. The Kier molecular flexibility index (Phi) is 1.74. The SMILES string of the molecule is C[C@@H]1OC(=O)[C@@]2(C(=O)c3ccccc3)O[C@@H]12. The number of carbonyl (C=O) groups is 2. The minimum atomic E-state index is -1.35. The lowest BCUT2D eigenvalue weighted by molar-refractivity contribution is -0.150. The van der Waals surface area contributed by atoms with E-state index in [9.17, 15) is 9.59 Å². The fraction of sp³-hybridized carbons (Fsp3) is 0.333. The first-order valence-corrected chi connectivity index (χ1v) is 5.15. The standard InChI is InChI=1S/C12H10O4/c1-7-10-12(16-10,11(14)15-7)9(13)8-5-3-2-4-6-8/h2-7,10H,1H3/t7-,10-,12-/m0/s1. The summed E-state index contributed by atoms with van der Waals surface area (Å²) in [5, 5.41) is 0. The van der Waals surface area contributed by atoms with Crippen LogP contribution in [0, 0.1) is 0 Å². The maximum Gasteiger partial charge on any atom is 0.350 e. The second-order valence-corrected chi connectivity index (χ2v) is 4.08. The molecule has 4 nitrogen and oxygen atoms in total. The summed E-state index contributed by atoms with van der Waals surface area (Å²) in [4.78, 5) is 23.7. The third-order valence-electron chi connectivity index (χ3n) is 3.05. The fourth-order valence-electron chi connectivity index (χ4n) is 2.15. The summed E-state index contributed by atoms with van der Waals surface area (Å²) in [5.41, 5.74) is -0.864. The summed E-state index contributed by atoms with van der Waals surface area (Å²) in [6.07, 6.45) is -0.743. The lowest BCUT2D eigenvalue weighted by Gasteiger charge is -2.06. The number of carbonyl (C=O) groups excluding carboxylic acids is 2. The minimum Gasteiger partial charge on any atom is -0.457 e. The largest absolute Gasteiger partial charge is 0.457 e. The van der Waals surface area contributed by atoms with Gasteiger partial charge in [-0.2, -0.15) is 0 Å². The summed E-state index contributed by atoms with van der Waals surface area (Å²) < 4.78 is 10.2. The average Bonchev–Trinajstić information content (AvgIpc) is 3.00. The van der Waals surface area contributed by atoms with Gasteiger partial charge in [-0.3, -0.25) is 4.79 Å². The van der Waals surface area contributed by atoms with Crippen LogP contribution in [-0.4, -0.2) is 29.6 Å². The Morgan fingerprint density at radius 2 is 2.00 bits per heavy atom. The molecule has 16 heavy (non-hydrogen) atoms. The Morgan fingerprint density at radius 1 is 1.31 bits per heavy atom. The van der Waals surface area contributed by atoms with E-state index in [0.717, 1.165) is 0 Å². The molecule has 2 aliphatic rings. The van der Waals surface area contributed by atoms with Gasteiger partial charge in [0, 0.05) is 5.56 Å². The molecule has 0 saturated carbocycles. The van der Waals surface area contributed by atoms with Crippen LogP contribution in [0.15, 0.2) is 30.3 Å². The van der Waals surface area contributed by atoms with Crippen molar-refractivity contribution < 1.29 is 19.1 Å². The Morgan fingerprint density at radius 3 is 2.50 bits per heavy atom. The second kappa shape index (κ2) is 2.92. The first kappa shape index (κ1) is 9.54. The van der Waals surface area contributed by atoms with Crippen LogP contribution in [0.25, 0.3) is 0 Å². The zero-order valence-electron chi connectivity index (χ0n) is 8.67. The molecule has 0 aliphatic carbocycles. The number of rotatable bonds is 2. The van der Waals surface area contributed by atoms with Crippen molar-refractivity contribution in [2.45, 2.75) is 24.7 Å². The van der Waals surface area contributed by atoms with Crippen LogP contribution in [0.3, 0.4) is 0 Å². The molecule has 1 aromatic carbocycles. The van der Waals surface area contributed by atoms with E-state index in [0.29, 0.717) is 5.56 Å². The molecule has 0 spiro atoms. The Labute approximate surface area is 92.2 Å². The molecule has 3 rings (SSSR count). The number of cyclic esters (lactones) is 1. The number of hydrogen-bond acceptors (Lipinski definition) is 4. The van der Waals surface area contributed by atoms with Crippen LogP contribution in [0.2, 0.25) is 0 Å². The predicted octanol–water partition coefficient (Wildman–Crippen LogP) is 0.952. The molecule has 0 N–H and O–H groups in total. The smallest absolute Gasteiger partial charge is 0.350 e. The number of esters is 1. The summed E-state index contributed by atoms with van der Waals surface area (Å²) in [6.45, 7) is 1.73. The van der Waals surface area contributed by atoms with Crippen molar-refractivity contribution in [3.05, 3.63) is 35.9 Å². The highest BCUT2D eigenvalue weighted by atomic mass is 16.7. The molecular weight excluding hydrogens is 208 g/mol. The van der Waals surface area contributed by atoms with Gasteiger partial charge in [-0.05, 0) is 6.92 Å². The number of fused-ring (bicyclic) bond motifs is 1. The van der Waals surface area contributed by atoms with Crippen molar-refractivity contribution in [2.24, 2.45) is 0 Å². The second-order valence-electron chi connectivity index (χ2n) is 4.08. The van der Waals surface area contributed by atoms with Crippen molar-refractivity contribution in [1.82, 2.24) is 0 Å². The molecule has 2 saturated heterocycles. The summed E-state index contributed by atoms with van der Waals surface area (Å²) in [5.74, 6) is -0.855. The zero-order chi connectivity index (χ0) is 11.3. The van der Waals surface area contributed by atoms with Gasteiger partial charge in [0.25, 0.3) is 5.60 Å². The maximum absolute atomic E-state index is 12.1. The number of benzene rings is 1. The summed E-state index contributed by atoms with van der Waals surface area (Å²) in [6, 6.07) is 8.67. The van der Waals surface area contributed by atoms with Crippen molar-refractivity contribution in [2.75, 3.05) is 0 Å². The molecule has 3 atom stereocenters. The first-order valence-electron chi connectivity index (χ1n) is 5.15. The van der Waals surface area contributed by atoms with Crippen molar-refractivity contribution >= 4 is 11.8 Å². The quantitative estimate of drug-likeness (QED) is 0.321. The number of hydrogen-bond donors (Lipinski definition) is 0. The van der Waals surface area contributed by atoms with E-state index >= 15 is 0 Å². The molecule has 2 fully saturated rings. The van der Waals surface area contributed by atoms with Gasteiger partial charge < -0.3 is 9.47 Å². The van der Waals surface area contributed by atoms with Gasteiger partial charge in [0.15, 0.2) is 0 Å². The van der Waals surface area contributed by atoms with E-state index in [1.54, 1.807) is 31.2 Å². The third kappa shape index (κ3) is 1.02. The van der Waals surface area contributed by atoms with Gasteiger partial charge in [-0.15, -0.1) is 0 Å². The van der Waals surface area contributed by atoms with Gasteiger partial charge >= 0.3 is 5.97 Å². The lowest BCUT2D eigenvalue weighted by atomic mass is 9.94. The fourth-order valence-corrected chi connectivity index (χ4v) is 2.15. The third-order valence-corrected chi connectivity index (χ3v) is 3.05. The van der Waals surface area contributed by atoms with Gasteiger partial charge in [0.05, 0.1) is 0 Å². The van der Waals surface area contributed by atoms with Crippen LogP contribution in [-0.2, 0) is 14.3 Å². The molecule has 2 aliphatic heterocycles. The number of ether oxygens (including phenoxy) is 2. The van der Waals surface area contributed by atoms with Gasteiger partial charge in [0.1, 0.15) is 12.2 Å². The zero-order valence-corrected chi connectivity index (χ0v) is 8.67. The molecule has 0 radical (unpaired) electrons. The van der Waals surface area contributed by atoms with E-state index in [-0.39, 0.29) is 11.9 Å². The predicted molar refractivity (Wildman–Crippen MR) is 53.9 cm³/mol. The highest BCUT2D eigenvalue weighted by Gasteiger charge is 2.76. The molecule has 4 heteroatoms. The van der Waals surface area contributed by atoms with E-state index < -0.39 is 17.7 Å². The van der Waals surface area contributed by atoms with Crippen molar-refractivity contribution in [1.29, 1.82) is 0 Å². The molecule has 0 amide bonds. The molecule has 0 bridgehead atoms. The average molecular weight is 218 g/mol. The highest BCUT2D eigenvalue weighted by molar-refractivity contribution is 6.19. The number of Topliss-reactive ketones (excluding diaryl/α,β-unsaturated/α-hetero) is 1. The van der Waals surface area contributed by atoms with Crippen molar-refractivity contribution in [3.63, 3.8) is 0 Å². The Bertz CT molecular complexity index is 467. The van der Waals surface area contributed by atoms with E-state index in [2.05, 4.69) is 0 Å². The van der Waals surface area contributed by atoms with E-state index in [1.807, 2.05) is 6.07 Å². The molecule has 1 aromatic rings. The minimum absolute atomic E-state index is 0.299. The first-order chi connectivity index (χ1) is 7.66. The Balaban J connectivity index is 1.96. The molecular formula is C12H10O4. The van der Waals surface area contributed by atoms with Crippen molar-refractivity contribution in [3.8, 4) is 0 Å². The normalized spacial score (nSPS) is 35.4. The van der Waals surface area contributed by atoms with Crippen LogP contribution in [0.5, 0.6) is 0 Å². The molecule has 0 aromatic heterocycles. The maximum atomic E-state index is 12.1. The van der Waals surface area contributed by atoms with Gasteiger partial charge in [-0.1, -0.05) is 30.3 Å². The van der Waals surface area contributed by atoms with E-state index in [4.69, 9.17) is 9.47 Å². The highest BCUT2D eigenvalue weighted by Crippen LogP contribution is 2.48. The number of epoxide rings is 1. The van der Waals surface area contributed by atoms with Gasteiger partial charge in [0.2, 0.25) is 5.78 Å². The molecule has 0 unspecified atom stereocenters. The summed E-state index contributed by atoms with van der Waals surface area (Å²) >= 11 is 0. The van der Waals surface area contributed by atoms with Gasteiger partial charge in [-0.25, -0.2) is 4.79 Å². The monoisotopic (exact) mass is 218 g/mol. The Hall–Kier alpha value is -1.68. The molecule has 82 valence electrons. The lowest BCUT2D eigenvalue weighted by Crippen LogP contribution is -2.33. The van der Waals surface area contributed by atoms with Crippen LogP contribution in [0.4, 0.5) is 0 Å². The van der Waals surface area contributed by atoms with E-state index in [1.165, 1.54) is 0 Å². The summed E-state index contributed by atoms with van der Waals surface area (Å²) in [7, 11) is 0. The topological polar surface area (TPSA) is 55.9 Å².